The van der Waals surface area contributed by atoms with Crippen molar-refractivity contribution in [1.29, 1.82) is 0 Å². The fourth-order valence-electron chi connectivity index (χ4n) is 2.65. The largest absolute Gasteiger partial charge is 0.453 e. The zero-order valence-corrected chi connectivity index (χ0v) is 17.4. The summed E-state index contributed by atoms with van der Waals surface area (Å²) in [7, 11) is 0. The highest BCUT2D eigenvalue weighted by molar-refractivity contribution is 8.00. The van der Waals surface area contributed by atoms with Crippen molar-refractivity contribution < 1.29 is 18.3 Å². The maximum atomic E-state index is 14.2. The lowest BCUT2D eigenvalue weighted by atomic mass is 10.0. The van der Waals surface area contributed by atoms with E-state index in [1.807, 2.05) is 37.3 Å². The van der Waals surface area contributed by atoms with Gasteiger partial charge in [-0.15, -0.1) is 18.3 Å². The van der Waals surface area contributed by atoms with Crippen LogP contribution in [-0.4, -0.2) is 22.7 Å². The van der Waals surface area contributed by atoms with Gasteiger partial charge in [-0.2, -0.15) is 8.78 Å². The second kappa shape index (κ2) is 10.1. The van der Waals surface area contributed by atoms with E-state index in [-0.39, 0.29) is 6.42 Å². The van der Waals surface area contributed by atoms with E-state index in [2.05, 4.69) is 6.58 Å². The average molecular weight is 425 g/mol. The minimum Gasteiger partial charge on any atom is -0.453 e. The zero-order valence-electron chi connectivity index (χ0n) is 15.8. The fourth-order valence-corrected chi connectivity index (χ4v) is 4.14. The molecule has 150 valence electrons. The lowest BCUT2D eigenvalue weighted by Gasteiger charge is -2.30. The van der Waals surface area contributed by atoms with Crippen molar-refractivity contribution in [3.8, 4) is 0 Å². The SMILES string of the molecule is C=CC[C@@H](Sc1ccc(C)cc1)[C@H](OC(=O)[C@H](C)c1ccccc1)C(F)(F)Cl. The van der Waals surface area contributed by atoms with Crippen molar-refractivity contribution in [2.45, 2.75) is 47.8 Å². The van der Waals surface area contributed by atoms with Crippen LogP contribution >= 0.6 is 23.4 Å². The first-order chi connectivity index (χ1) is 13.2. The van der Waals surface area contributed by atoms with Gasteiger partial charge in [0.25, 0.3) is 0 Å². The molecule has 0 aliphatic heterocycles. The van der Waals surface area contributed by atoms with Crippen LogP contribution in [0.4, 0.5) is 8.78 Å². The first-order valence-corrected chi connectivity index (χ1v) is 10.1. The molecule has 0 bridgehead atoms. The lowest BCUT2D eigenvalue weighted by Crippen LogP contribution is -2.42. The van der Waals surface area contributed by atoms with Crippen molar-refractivity contribution in [2.75, 3.05) is 0 Å². The van der Waals surface area contributed by atoms with E-state index in [1.54, 1.807) is 31.2 Å². The quantitative estimate of drug-likeness (QED) is 0.197. The smallest absolute Gasteiger partial charge is 0.359 e. The molecule has 0 spiro atoms. The number of carbonyl (C=O) groups is 1. The van der Waals surface area contributed by atoms with E-state index in [1.165, 1.54) is 17.8 Å². The molecular weight excluding hydrogens is 402 g/mol. The molecule has 0 saturated heterocycles. The number of carbonyl (C=O) groups excluding carboxylic acids is 1. The second-order valence-electron chi connectivity index (χ2n) is 6.53. The number of aryl methyl sites for hydroxylation is 1. The molecule has 0 heterocycles. The average Bonchev–Trinajstić information content (AvgIpc) is 2.66. The van der Waals surface area contributed by atoms with Gasteiger partial charge in [0.05, 0.1) is 11.2 Å². The molecule has 0 aliphatic carbocycles. The number of thioether (sulfide) groups is 1. The van der Waals surface area contributed by atoms with Gasteiger partial charge < -0.3 is 4.74 Å². The van der Waals surface area contributed by atoms with Gasteiger partial charge in [0.1, 0.15) is 0 Å². The molecule has 0 radical (unpaired) electrons. The van der Waals surface area contributed by atoms with Gasteiger partial charge in [-0.1, -0.05) is 54.1 Å². The summed E-state index contributed by atoms with van der Waals surface area (Å²) in [6, 6.07) is 16.3. The number of alkyl halides is 3. The van der Waals surface area contributed by atoms with Crippen LogP contribution in [0.5, 0.6) is 0 Å². The summed E-state index contributed by atoms with van der Waals surface area (Å²) in [5.74, 6) is -1.42. The Labute approximate surface area is 173 Å². The summed E-state index contributed by atoms with van der Waals surface area (Å²) in [6.07, 6.45) is -0.0637. The third-order valence-corrected chi connectivity index (χ3v) is 5.77. The second-order valence-corrected chi connectivity index (χ2v) is 8.34. The van der Waals surface area contributed by atoms with Crippen LogP contribution in [0, 0.1) is 6.92 Å². The number of hydrogen-bond acceptors (Lipinski definition) is 3. The summed E-state index contributed by atoms with van der Waals surface area (Å²) in [4.78, 5) is 13.3. The summed E-state index contributed by atoms with van der Waals surface area (Å²) in [5.41, 5.74) is 1.75. The predicted molar refractivity (Wildman–Crippen MR) is 111 cm³/mol. The Morgan fingerprint density at radius 2 is 1.82 bits per heavy atom. The van der Waals surface area contributed by atoms with Crippen molar-refractivity contribution >= 4 is 29.3 Å². The molecule has 0 amide bonds. The molecular formula is C22H23ClF2O2S. The Bertz CT molecular complexity index is 775. The normalized spacial score (nSPS) is 14.8. The molecule has 2 rings (SSSR count). The van der Waals surface area contributed by atoms with Gasteiger partial charge in [-0.25, -0.2) is 0 Å². The molecule has 0 unspecified atom stereocenters. The Hall–Kier alpha value is -1.85. The molecule has 28 heavy (non-hydrogen) atoms. The van der Waals surface area contributed by atoms with Crippen molar-refractivity contribution in [3.05, 3.63) is 78.4 Å². The molecule has 0 aromatic heterocycles. The number of halogens is 3. The lowest BCUT2D eigenvalue weighted by molar-refractivity contribution is -0.162. The van der Waals surface area contributed by atoms with Crippen LogP contribution in [0.15, 0.2) is 72.1 Å². The van der Waals surface area contributed by atoms with Crippen molar-refractivity contribution in [2.24, 2.45) is 0 Å². The van der Waals surface area contributed by atoms with Gasteiger partial charge in [-0.05, 0) is 49.6 Å². The van der Waals surface area contributed by atoms with Gasteiger partial charge in [0.2, 0.25) is 0 Å². The third-order valence-electron chi connectivity index (χ3n) is 4.26. The predicted octanol–water partition coefficient (Wildman–Crippen LogP) is 6.58. The Morgan fingerprint density at radius 1 is 1.21 bits per heavy atom. The number of hydrogen-bond donors (Lipinski definition) is 0. The summed E-state index contributed by atoms with van der Waals surface area (Å²) in [6.45, 7) is 7.21. The van der Waals surface area contributed by atoms with Crippen LogP contribution < -0.4 is 0 Å². The van der Waals surface area contributed by atoms with E-state index in [0.717, 1.165) is 10.5 Å². The number of benzene rings is 2. The van der Waals surface area contributed by atoms with Crippen LogP contribution in [0.25, 0.3) is 0 Å². The topological polar surface area (TPSA) is 26.3 Å². The van der Waals surface area contributed by atoms with Crippen molar-refractivity contribution in [1.82, 2.24) is 0 Å². The number of esters is 1. The fraction of sp³-hybridized carbons (Fsp3) is 0.318. The number of allylic oxidation sites excluding steroid dienone is 1. The zero-order chi connectivity index (χ0) is 20.7. The van der Waals surface area contributed by atoms with E-state index >= 15 is 0 Å². The van der Waals surface area contributed by atoms with Gasteiger partial charge in [0, 0.05) is 4.90 Å². The molecule has 0 fully saturated rings. The minimum atomic E-state index is -3.71. The highest BCUT2D eigenvalue weighted by atomic mass is 35.5. The Balaban J connectivity index is 2.22. The molecule has 0 aliphatic rings. The highest BCUT2D eigenvalue weighted by Crippen LogP contribution is 2.39. The molecule has 2 nitrogen and oxygen atoms in total. The summed E-state index contributed by atoms with van der Waals surface area (Å²) >= 11 is 6.55. The van der Waals surface area contributed by atoms with Gasteiger partial charge >= 0.3 is 11.4 Å². The van der Waals surface area contributed by atoms with Crippen LogP contribution in [-0.2, 0) is 9.53 Å². The molecule has 2 aromatic carbocycles. The first-order valence-electron chi connectivity index (χ1n) is 8.88. The highest BCUT2D eigenvalue weighted by Gasteiger charge is 2.46. The molecule has 6 heteroatoms. The van der Waals surface area contributed by atoms with E-state index in [4.69, 9.17) is 16.3 Å². The molecule has 0 saturated carbocycles. The molecule has 2 aromatic rings. The molecule has 0 N–H and O–H groups in total. The Kier molecular flexibility index (Phi) is 8.08. The van der Waals surface area contributed by atoms with E-state index in [9.17, 15) is 13.6 Å². The van der Waals surface area contributed by atoms with Crippen LogP contribution in [0.1, 0.15) is 30.4 Å². The summed E-state index contributed by atoms with van der Waals surface area (Å²) in [5, 5.41) is -4.49. The van der Waals surface area contributed by atoms with E-state index in [0.29, 0.717) is 5.56 Å². The van der Waals surface area contributed by atoms with Crippen LogP contribution in [0.3, 0.4) is 0 Å². The maximum Gasteiger partial charge on any atom is 0.359 e. The monoisotopic (exact) mass is 424 g/mol. The minimum absolute atomic E-state index is 0.207. The van der Waals surface area contributed by atoms with Crippen molar-refractivity contribution in [3.63, 3.8) is 0 Å². The number of rotatable bonds is 9. The maximum absolute atomic E-state index is 14.2. The van der Waals surface area contributed by atoms with E-state index < -0.39 is 28.6 Å². The standard InChI is InChI=1S/C22H23ClF2O2S/c1-4-8-19(28-18-13-11-15(2)12-14-18)20(22(23,24)25)27-21(26)16(3)17-9-6-5-7-10-17/h4-7,9-14,16,19-20H,1,8H2,2-3H3/t16-,19-,20+/m1/s1. The van der Waals surface area contributed by atoms with Gasteiger partial charge in [-0.3, -0.25) is 4.79 Å². The first kappa shape index (κ1) is 22.4. The number of ether oxygens (including phenoxy) is 1. The third kappa shape index (κ3) is 6.35. The van der Waals surface area contributed by atoms with Gasteiger partial charge in [0.15, 0.2) is 6.10 Å². The van der Waals surface area contributed by atoms with Crippen LogP contribution in [0.2, 0.25) is 0 Å². The summed E-state index contributed by atoms with van der Waals surface area (Å²) < 4.78 is 33.6. The Morgan fingerprint density at radius 3 is 2.36 bits per heavy atom. The molecule has 3 atom stereocenters.